The van der Waals surface area contributed by atoms with Crippen molar-refractivity contribution in [2.45, 2.75) is 11.8 Å². The van der Waals surface area contributed by atoms with Crippen LogP contribution in [0.4, 0.5) is 11.4 Å². The summed E-state index contributed by atoms with van der Waals surface area (Å²) < 4.78 is 12.0. The Morgan fingerprint density at radius 1 is 0.500 bits per heavy atom. The zero-order chi connectivity index (χ0) is 23.4. The van der Waals surface area contributed by atoms with E-state index in [1.807, 2.05) is 72.8 Å². The van der Waals surface area contributed by atoms with Crippen LogP contribution in [0.25, 0.3) is 0 Å². The van der Waals surface area contributed by atoms with Crippen molar-refractivity contribution in [2.75, 3.05) is 11.5 Å². The first-order chi connectivity index (χ1) is 16.6. The van der Waals surface area contributed by atoms with E-state index in [0.29, 0.717) is 11.4 Å². The van der Waals surface area contributed by atoms with Gasteiger partial charge in [-0.15, -0.1) is 0 Å². The molecule has 0 spiro atoms. The number of nitrogen functional groups attached to an aromatic ring is 2. The molecule has 168 valence electrons. The molecule has 34 heavy (non-hydrogen) atoms. The number of allylic oxidation sites excluding steroid dienone is 4. The Bertz CT molecular complexity index is 1210. The van der Waals surface area contributed by atoms with Gasteiger partial charge in [0.15, 0.2) is 0 Å². The van der Waals surface area contributed by atoms with Gasteiger partial charge in [0.1, 0.15) is 23.0 Å². The molecule has 1 aliphatic rings. The standard InChI is InChI=1S/C30H26N2O2/c31-24-8-16-28(17-9-24)33-26-12-4-22(5-13-26)30(20-2-1-3-21-30)23-6-14-27(15-7-23)34-29-18-10-25(32)11-19-29/h1-20H,21,31-32H2. The van der Waals surface area contributed by atoms with E-state index in [2.05, 4.69) is 48.6 Å². The summed E-state index contributed by atoms with van der Waals surface area (Å²) in [6.07, 6.45) is 9.55. The van der Waals surface area contributed by atoms with E-state index >= 15 is 0 Å². The molecule has 0 saturated carbocycles. The molecule has 0 atom stereocenters. The molecule has 0 amide bonds. The number of hydrogen-bond acceptors (Lipinski definition) is 4. The summed E-state index contributed by atoms with van der Waals surface area (Å²) in [5.41, 5.74) is 15.1. The van der Waals surface area contributed by atoms with Crippen LogP contribution in [-0.4, -0.2) is 0 Å². The van der Waals surface area contributed by atoms with Crippen molar-refractivity contribution in [3.8, 4) is 23.0 Å². The molecule has 0 bridgehead atoms. The molecule has 4 N–H and O–H groups in total. The maximum Gasteiger partial charge on any atom is 0.127 e. The summed E-state index contributed by atoms with van der Waals surface area (Å²) in [7, 11) is 0. The van der Waals surface area contributed by atoms with Gasteiger partial charge in [0.2, 0.25) is 0 Å². The molecule has 1 aliphatic carbocycles. The monoisotopic (exact) mass is 446 g/mol. The molecule has 4 aromatic rings. The average Bonchev–Trinajstić information content (AvgIpc) is 2.88. The lowest BCUT2D eigenvalue weighted by Gasteiger charge is -2.33. The second-order valence-corrected chi connectivity index (χ2v) is 8.35. The first-order valence-electron chi connectivity index (χ1n) is 11.2. The number of anilines is 2. The molecule has 5 rings (SSSR count). The van der Waals surface area contributed by atoms with E-state index in [1.54, 1.807) is 0 Å². The summed E-state index contributed by atoms with van der Waals surface area (Å²) in [6, 6.07) is 31.4. The van der Waals surface area contributed by atoms with E-state index in [-0.39, 0.29) is 5.41 Å². The highest BCUT2D eigenvalue weighted by Crippen LogP contribution is 2.41. The van der Waals surface area contributed by atoms with Gasteiger partial charge >= 0.3 is 0 Å². The van der Waals surface area contributed by atoms with Gasteiger partial charge in [-0.2, -0.15) is 0 Å². The zero-order valence-corrected chi connectivity index (χ0v) is 18.7. The third kappa shape index (κ3) is 4.52. The number of rotatable bonds is 6. The first kappa shape index (κ1) is 21.4. The Balaban J connectivity index is 1.39. The number of ether oxygens (including phenoxy) is 2. The lowest BCUT2D eigenvalue weighted by atomic mass is 9.70. The minimum absolute atomic E-state index is 0.256. The molecular formula is C30H26N2O2. The summed E-state index contributed by atoms with van der Waals surface area (Å²) in [4.78, 5) is 0. The molecule has 0 aliphatic heterocycles. The maximum absolute atomic E-state index is 5.98. The van der Waals surface area contributed by atoms with Gasteiger partial charge in [-0.1, -0.05) is 48.6 Å². The molecule has 0 radical (unpaired) electrons. The Morgan fingerprint density at radius 3 is 1.24 bits per heavy atom. The van der Waals surface area contributed by atoms with E-state index in [0.717, 1.165) is 29.4 Å². The topological polar surface area (TPSA) is 70.5 Å². The Labute approximate surface area is 199 Å². The van der Waals surface area contributed by atoms with Crippen LogP contribution in [0.5, 0.6) is 23.0 Å². The van der Waals surface area contributed by atoms with Crippen molar-refractivity contribution in [1.29, 1.82) is 0 Å². The largest absolute Gasteiger partial charge is 0.457 e. The van der Waals surface area contributed by atoms with E-state index in [4.69, 9.17) is 20.9 Å². The molecular weight excluding hydrogens is 420 g/mol. The van der Waals surface area contributed by atoms with Crippen molar-refractivity contribution in [3.63, 3.8) is 0 Å². The quantitative estimate of drug-likeness (QED) is 0.306. The SMILES string of the molecule is Nc1ccc(Oc2ccc(C3(c4ccc(Oc5ccc(N)cc5)cc4)C=CC=CC3)cc2)cc1. The molecule has 4 aromatic carbocycles. The fourth-order valence-electron chi connectivity index (χ4n) is 4.20. The van der Waals surface area contributed by atoms with Crippen LogP contribution >= 0.6 is 0 Å². The van der Waals surface area contributed by atoms with Crippen LogP contribution in [0.1, 0.15) is 17.5 Å². The summed E-state index contributed by atoms with van der Waals surface area (Å²) in [5.74, 6) is 3.08. The maximum atomic E-state index is 5.98. The molecule has 0 aromatic heterocycles. The molecule has 0 heterocycles. The van der Waals surface area contributed by atoms with Crippen molar-refractivity contribution < 1.29 is 9.47 Å². The predicted molar refractivity (Wildman–Crippen MR) is 138 cm³/mol. The predicted octanol–water partition coefficient (Wildman–Crippen LogP) is 7.24. The van der Waals surface area contributed by atoms with Crippen molar-refractivity contribution in [2.24, 2.45) is 0 Å². The number of hydrogen-bond donors (Lipinski definition) is 2. The normalized spacial score (nSPS) is 14.0. The van der Waals surface area contributed by atoms with Crippen LogP contribution in [0.2, 0.25) is 0 Å². The van der Waals surface area contributed by atoms with Crippen molar-refractivity contribution >= 4 is 11.4 Å². The van der Waals surface area contributed by atoms with Gasteiger partial charge in [-0.25, -0.2) is 0 Å². The highest BCUT2D eigenvalue weighted by molar-refractivity contribution is 5.51. The molecule has 0 unspecified atom stereocenters. The second kappa shape index (κ2) is 9.20. The molecule has 0 saturated heterocycles. The summed E-state index contributed by atoms with van der Waals surface area (Å²) >= 11 is 0. The Morgan fingerprint density at radius 2 is 0.882 bits per heavy atom. The Kier molecular flexibility index (Phi) is 5.79. The van der Waals surface area contributed by atoms with Crippen molar-refractivity contribution in [3.05, 3.63) is 132 Å². The van der Waals surface area contributed by atoms with Gasteiger partial charge in [-0.3, -0.25) is 0 Å². The van der Waals surface area contributed by atoms with E-state index < -0.39 is 0 Å². The fourth-order valence-corrected chi connectivity index (χ4v) is 4.20. The lowest BCUT2D eigenvalue weighted by Crippen LogP contribution is -2.25. The fraction of sp³-hybridized carbons (Fsp3) is 0.0667. The van der Waals surface area contributed by atoms with Gasteiger partial charge in [0.05, 0.1) is 0 Å². The van der Waals surface area contributed by atoms with E-state index in [9.17, 15) is 0 Å². The van der Waals surface area contributed by atoms with Gasteiger partial charge in [0.25, 0.3) is 0 Å². The summed E-state index contributed by atoms with van der Waals surface area (Å²) in [5, 5.41) is 0. The first-order valence-corrected chi connectivity index (χ1v) is 11.2. The average molecular weight is 447 g/mol. The smallest absolute Gasteiger partial charge is 0.127 e. The molecule has 4 heteroatoms. The van der Waals surface area contributed by atoms with Gasteiger partial charge in [-0.05, 0) is 90.3 Å². The van der Waals surface area contributed by atoms with Crippen molar-refractivity contribution in [1.82, 2.24) is 0 Å². The number of benzene rings is 4. The second-order valence-electron chi connectivity index (χ2n) is 8.35. The van der Waals surface area contributed by atoms with Crippen LogP contribution in [0, 0.1) is 0 Å². The number of nitrogens with two attached hydrogens (primary N) is 2. The molecule has 4 nitrogen and oxygen atoms in total. The minimum Gasteiger partial charge on any atom is -0.457 e. The lowest BCUT2D eigenvalue weighted by molar-refractivity contribution is 0.481. The summed E-state index contributed by atoms with van der Waals surface area (Å²) in [6.45, 7) is 0. The minimum atomic E-state index is -0.256. The Hall–Kier alpha value is -4.44. The van der Waals surface area contributed by atoms with Gasteiger partial charge < -0.3 is 20.9 Å². The highest BCUT2D eigenvalue weighted by Gasteiger charge is 2.31. The zero-order valence-electron chi connectivity index (χ0n) is 18.7. The van der Waals surface area contributed by atoms with Gasteiger partial charge in [0, 0.05) is 16.8 Å². The third-order valence-electron chi connectivity index (χ3n) is 6.04. The van der Waals surface area contributed by atoms with E-state index in [1.165, 1.54) is 11.1 Å². The van der Waals surface area contributed by atoms with Crippen LogP contribution in [-0.2, 0) is 5.41 Å². The molecule has 0 fully saturated rings. The third-order valence-corrected chi connectivity index (χ3v) is 6.04. The van der Waals surface area contributed by atoms with Crippen LogP contribution in [0.3, 0.4) is 0 Å². The van der Waals surface area contributed by atoms with Crippen LogP contribution in [0.15, 0.2) is 121 Å². The highest BCUT2D eigenvalue weighted by atomic mass is 16.5. The van der Waals surface area contributed by atoms with Crippen LogP contribution < -0.4 is 20.9 Å².